The minimum Gasteiger partial charge on any atom is -0.396 e. The molecular formula is C10H18N4O. The second-order valence-electron chi connectivity index (χ2n) is 3.51. The van der Waals surface area contributed by atoms with Gasteiger partial charge in [0.2, 0.25) is 5.91 Å². The molecule has 0 spiro atoms. The summed E-state index contributed by atoms with van der Waals surface area (Å²) in [5.41, 5.74) is 8.25. The van der Waals surface area contributed by atoms with Crippen LogP contribution < -0.4 is 11.1 Å². The zero-order valence-corrected chi connectivity index (χ0v) is 9.50. The van der Waals surface area contributed by atoms with E-state index in [1.165, 1.54) is 0 Å². The van der Waals surface area contributed by atoms with Gasteiger partial charge in [-0.25, -0.2) is 0 Å². The van der Waals surface area contributed by atoms with Gasteiger partial charge < -0.3 is 11.1 Å². The summed E-state index contributed by atoms with van der Waals surface area (Å²) in [4.78, 5) is 11.2. The lowest BCUT2D eigenvalue weighted by atomic mass is 10.3. The smallest absolute Gasteiger partial charge is 0.221 e. The summed E-state index contributed by atoms with van der Waals surface area (Å²) in [6.07, 6.45) is 0.440. The van der Waals surface area contributed by atoms with Gasteiger partial charge in [0.05, 0.1) is 23.6 Å². The molecule has 0 radical (unpaired) electrons. The molecule has 5 heteroatoms. The number of aromatic nitrogens is 2. The van der Waals surface area contributed by atoms with E-state index < -0.39 is 0 Å². The van der Waals surface area contributed by atoms with Crippen molar-refractivity contribution in [3.8, 4) is 0 Å². The molecule has 3 N–H and O–H groups in total. The fourth-order valence-electron chi connectivity index (χ4n) is 1.42. The lowest BCUT2D eigenvalue weighted by Crippen LogP contribution is -2.24. The number of nitrogen functional groups attached to an aromatic ring is 1. The molecule has 5 nitrogen and oxygen atoms in total. The van der Waals surface area contributed by atoms with Crippen molar-refractivity contribution in [3.05, 3.63) is 11.4 Å². The number of amides is 1. The van der Waals surface area contributed by atoms with E-state index in [0.717, 1.165) is 11.4 Å². The number of nitrogens with one attached hydrogen (secondary N) is 1. The van der Waals surface area contributed by atoms with Gasteiger partial charge >= 0.3 is 0 Å². The maximum atomic E-state index is 11.2. The van der Waals surface area contributed by atoms with Gasteiger partial charge in [0.25, 0.3) is 0 Å². The third kappa shape index (κ3) is 2.71. The molecule has 0 fully saturated rings. The Morgan fingerprint density at radius 3 is 2.67 bits per heavy atom. The highest BCUT2D eigenvalue weighted by molar-refractivity contribution is 5.75. The van der Waals surface area contributed by atoms with Crippen molar-refractivity contribution in [1.29, 1.82) is 0 Å². The predicted octanol–water partition coefficient (Wildman–Crippen LogP) is 0.608. The largest absolute Gasteiger partial charge is 0.396 e. The molecule has 0 aliphatic carbocycles. The highest BCUT2D eigenvalue weighted by Gasteiger charge is 2.08. The van der Waals surface area contributed by atoms with Crippen LogP contribution in [0.15, 0.2) is 0 Å². The van der Waals surface area contributed by atoms with Crippen molar-refractivity contribution in [1.82, 2.24) is 15.1 Å². The Balaban J connectivity index is 2.58. The molecule has 15 heavy (non-hydrogen) atoms. The van der Waals surface area contributed by atoms with E-state index in [4.69, 9.17) is 5.73 Å². The molecule has 0 aromatic carbocycles. The zero-order chi connectivity index (χ0) is 11.4. The first-order valence-corrected chi connectivity index (χ1v) is 5.12. The van der Waals surface area contributed by atoms with Gasteiger partial charge in [-0.2, -0.15) is 5.10 Å². The normalized spacial score (nSPS) is 10.3. The summed E-state index contributed by atoms with van der Waals surface area (Å²) >= 11 is 0. The number of rotatable bonds is 4. The minimum atomic E-state index is 0.0450. The number of nitrogens with two attached hydrogens (primary N) is 1. The Hall–Kier alpha value is -1.52. The molecule has 0 saturated heterocycles. The minimum absolute atomic E-state index is 0.0450. The van der Waals surface area contributed by atoms with E-state index in [2.05, 4.69) is 10.4 Å². The molecule has 0 aliphatic rings. The van der Waals surface area contributed by atoms with Gasteiger partial charge in [-0.15, -0.1) is 0 Å². The molecule has 0 unspecified atom stereocenters. The molecule has 0 aliphatic heterocycles. The van der Waals surface area contributed by atoms with Crippen molar-refractivity contribution in [2.24, 2.45) is 0 Å². The summed E-state index contributed by atoms with van der Waals surface area (Å²) in [5.74, 6) is 0.0450. The van der Waals surface area contributed by atoms with Crippen LogP contribution in [-0.4, -0.2) is 22.2 Å². The van der Waals surface area contributed by atoms with Crippen LogP contribution in [-0.2, 0) is 11.3 Å². The van der Waals surface area contributed by atoms with Crippen LogP contribution in [0.5, 0.6) is 0 Å². The Morgan fingerprint density at radius 1 is 1.53 bits per heavy atom. The first kappa shape index (κ1) is 11.6. The summed E-state index contributed by atoms with van der Waals surface area (Å²) in [5, 5.41) is 7.00. The van der Waals surface area contributed by atoms with Gasteiger partial charge in [-0.1, -0.05) is 0 Å². The third-order valence-corrected chi connectivity index (χ3v) is 2.36. The van der Waals surface area contributed by atoms with Gasteiger partial charge in [-0.05, 0) is 20.8 Å². The molecule has 0 atom stereocenters. The molecule has 1 rings (SSSR count). The van der Waals surface area contributed by atoms with Crippen molar-refractivity contribution < 1.29 is 4.79 Å². The molecule has 1 amide bonds. The maximum Gasteiger partial charge on any atom is 0.221 e. The van der Waals surface area contributed by atoms with Gasteiger partial charge in [-0.3, -0.25) is 9.48 Å². The summed E-state index contributed by atoms with van der Waals surface area (Å²) in [6.45, 7) is 6.92. The predicted molar refractivity (Wildman–Crippen MR) is 59.4 cm³/mol. The van der Waals surface area contributed by atoms with Crippen molar-refractivity contribution in [2.45, 2.75) is 33.7 Å². The van der Waals surface area contributed by atoms with E-state index in [-0.39, 0.29) is 5.91 Å². The second kappa shape index (κ2) is 4.82. The first-order chi connectivity index (χ1) is 7.06. The molecule has 0 saturated carbocycles. The number of carbonyl (C=O) groups excluding carboxylic acids is 1. The van der Waals surface area contributed by atoms with E-state index in [0.29, 0.717) is 25.2 Å². The number of aryl methyl sites for hydroxylation is 2. The quantitative estimate of drug-likeness (QED) is 0.764. The summed E-state index contributed by atoms with van der Waals surface area (Å²) in [7, 11) is 0. The van der Waals surface area contributed by atoms with Crippen LogP contribution in [0.4, 0.5) is 5.69 Å². The molecular weight excluding hydrogens is 192 g/mol. The van der Waals surface area contributed by atoms with Gasteiger partial charge in [0.1, 0.15) is 0 Å². The maximum absolute atomic E-state index is 11.2. The van der Waals surface area contributed by atoms with E-state index >= 15 is 0 Å². The van der Waals surface area contributed by atoms with Crippen LogP contribution in [0.3, 0.4) is 0 Å². The number of hydrogen-bond donors (Lipinski definition) is 2. The molecule has 1 aromatic heterocycles. The molecule has 1 heterocycles. The molecule has 0 bridgehead atoms. The zero-order valence-electron chi connectivity index (χ0n) is 9.50. The average molecular weight is 210 g/mol. The Bertz CT molecular complexity index is 357. The van der Waals surface area contributed by atoms with Crippen LogP contribution in [0.25, 0.3) is 0 Å². The highest BCUT2D eigenvalue weighted by atomic mass is 16.1. The summed E-state index contributed by atoms with van der Waals surface area (Å²) < 4.78 is 1.78. The second-order valence-corrected chi connectivity index (χ2v) is 3.51. The standard InChI is InChI=1S/C10H18N4O/c1-4-12-9(15)5-6-14-8(3)10(11)7(2)13-14/h4-6,11H2,1-3H3,(H,12,15). The van der Waals surface area contributed by atoms with E-state index in [1.54, 1.807) is 4.68 Å². The summed E-state index contributed by atoms with van der Waals surface area (Å²) in [6, 6.07) is 0. The number of carbonyl (C=O) groups is 1. The average Bonchev–Trinajstić information content (AvgIpc) is 2.43. The first-order valence-electron chi connectivity index (χ1n) is 5.12. The van der Waals surface area contributed by atoms with Crippen molar-refractivity contribution in [2.75, 3.05) is 12.3 Å². The fraction of sp³-hybridized carbons (Fsp3) is 0.600. The van der Waals surface area contributed by atoms with E-state index in [9.17, 15) is 4.79 Å². The van der Waals surface area contributed by atoms with Gasteiger partial charge in [0.15, 0.2) is 0 Å². The van der Waals surface area contributed by atoms with Crippen molar-refractivity contribution >= 4 is 11.6 Å². The lowest BCUT2D eigenvalue weighted by Gasteiger charge is -2.04. The van der Waals surface area contributed by atoms with Gasteiger partial charge in [0, 0.05) is 13.0 Å². The van der Waals surface area contributed by atoms with Crippen LogP contribution >= 0.6 is 0 Å². The SMILES string of the molecule is CCNC(=O)CCn1nc(C)c(N)c1C. The van der Waals surface area contributed by atoms with Crippen molar-refractivity contribution in [3.63, 3.8) is 0 Å². The number of hydrogen-bond acceptors (Lipinski definition) is 3. The van der Waals surface area contributed by atoms with E-state index in [1.807, 2.05) is 20.8 Å². The molecule has 84 valence electrons. The Kier molecular flexibility index (Phi) is 3.71. The van der Waals surface area contributed by atoms with Crippen LogP contribution in [0.2, 0.25) is 0 Å². The fourth-order valence-corrected chi connectivity index (χ4v) is 1.42. The monoisotopic (exact) mass is 210 g/mol. The lowest BCUT2D eigenvalue weighted by molar-refractivity contribution is -0.121. The topological polar surface area (TPSA) is 72.9 Å². The number of anilines is 1. The Morgan fingerprint density at radius 2 is 2.20 bits per heavy atom. The van der Waals surface area contributed by atoms with Crippen LogP contribution in [0, 0.1) is 13.8 Å². The van der Waals surface area contributed by atoms with Crippen LogP contribution in [0.1, 0.15) is 24.7 Å². The molecule has 1 aromatic rings. The number of nitrogens with zero attached hydrogens (tertiary/aromatic N) is 2. The highest BCUT2D eigenvalue weighted by Crippen LogP contribution is 2.14. The third-order valence-electron chi connectivity index (χ3n) is 2.36. The Labute approximate surface area is 89.6 Å².